The largest absolute Gasteiger partial charge is 0.334 e. The molecule has 132 valence electrons. The molecule has 1 saturated carbocycles. The summed E-state index contributed by atoms with van der Waals surface area (Å²) in [5.74, 6) is 0.850. The summed E-state index contributed by atoms with van der Waals surface area (Å²) in [6.07, 6.45) is 9.55. The van der Waals surface area contributed by atoms with Crippen LogP contribution in [0.1, 0.15) is 49.0 Å². The minimum atomic E-state index is 0.139. The Kier molecular flexibility index (Phi) is 5.13. The lowest BCUT2D eigenvalue weighted by Crippen LogP contribution is -2.49. The van der Waals surface area contributed by atoms with E-state index in [-0.39, 0.29) is 5.91 Å². The van der Waals surface area contributed by atoms with Gasteiger partial charge in [-0.2, -0.15) is 0 Å². The van der Waals surface area contributed by atoms with Crippen molar-refractivity contribution in [3.8, 4) is 10.6 Å². The number of amides is 1. The van der Waals surface area contributed by atoms with Crippen LogP contribution in [0.5, 0.6) is 0 Å². The molecular weight excluding hydrogens is 348 g/mol. The van der Waals surface area contributed by atoms with Gasteiger partial charge in [0.15, 0.2) is 0 Å². The number of aromatic nitrogens is 1. The van der Waals surface area contributed by atoms with Crippen LogP contribution in [0.25, 0.3) is 10.6 Å². The second-order valence-corrected chi connectivity index (χ2v) is 8.76. The second kappa shape index (κ2) is 7.50. The molecule has 2 unspecified atom stereocenters. The SMILES string of the molecule is CSc1cccc(-c2nc(C(=O)N3CCCC4CCCCC43)cs2)c1. The zero-order valence-electron chi connectivity index (χ0n) is 14.6. The summed E-state index contributed by atoms with van der Waals surface area (Å²) in [7, 11) is 0. The van der Waals surface area contributed by atoms with Crippen LogP contribution >= 0.6 is 23.1 Å². The van der Waals surface area contributed by atoms with Crippen molar-refractivity contribution in [3.63, 3.8) is 0 Å². The van der Waals surface area contributed by atoms with Crippen molar-refractivity contribution in [1.82, 2.24) is 9.88 Å². The predicted octanol–water partition coefficient (Wildman–Crippen LogP) is 5.33. The number of carbonyl (C=O) groups is 1. The molecule has 1 aromatic carbocycles. The minimum absolute atomic E-state index is 0.139. The normalized spacial score (nSPS) is 23.3. The number of thiazole rings is 1. The first-order valence-electron chi connectivity index (χ1n) is 9.17. The average Bonchev–Trinajstić information content (AvgIpc) is 3.17. The van der Waals surface area contributed by atoms with Crippen LogP contribution in [0.2, 0.25) is 0 Å². The molecule has 0 N–H and O–H groups in total. The Labute approximate surface area is 157 Å². The summed E-state index contributed by atoms with van der Waals surface area (Å²) in [5.41, 5.74) is 1.73. The smallest absolute Gasteiger partial charge is 0.273 e. The fourth-order valence-corrected chi connectivity index (χ4v) is 5.54. The van der Waals surface area contributed by atoms with Crippen LogP contribution < -0.4 is 0 Å². The lowest BCUT2D eigenvalue weighted by atomic mass is 9.78. The fraction of sp³-hybridized carbons (Fsp3) is 0.500. The van der Waals surface area contributed by atoms with Crippen molar-refractivity contribution in [3.05, 3.63) is 35.3 Å². The van der Waals surface area contributed by atoms with E-state index in [0.717, 1.165) is 23.5 Å². The van der Waals surface area contributed by atoms with Gasteiger partial charge in [0.2, 0.25) is 0 Å². The number of hydrogen-bond donors (Lipinski definition) is 0. The van der Waals surface area contributed by atoms with Gasteiger partial charge in [0, 0.05) is 28.4 Å². The van der Waals surface area contributed by atoms with Crippen molar-refractivity contribution < 1.29 is 4.79 Å². The van der Waals surface area contributed by atoms with Gasteiger partial charge in [0.05, 0.1) is 0 Å². The van der Waals surface area contributed by atoms with Crippen LogP contribution in [0.3, 0.4) is 0 Å². The summed E-state index contributed by atoms with van der Waals surface area (Å²) in [4.78, 5) is 21.1. The third-order valence-electron chi connectivity index (χ3n) is 5.54. The van der Waals surface area contributed by atoms with Crippen molar-refractivity contribution in [2.75, 3.05) is 12.8 Å². The molecular formula is C20H24N2OS2. The van der Waals surface area contributed by atoms with E-state index in [2.05, 4.69) is 40.4 Å². The maximum atomic E-state index is 13.1. The standard InChI is InChI=1S/C20H24N2OS2/c1-24-16-9-4-7-15(12-16)19-21-17(13-25-19)20(23)22-11-5-8-14-6-2-3-10-18(14)22/h4,7,9,12-14,18H,2-3,5-6,8,10-11H2,1H3. The molecule has 1 aliphatic heterocycles. The highest BCUT2D eigenvalue weighted by Crippen LogP contribution is 2.36. The van der Waals surface area contributed by atoms with E-state index in [1.54, 1.807) is 23.1 Å². The van der Waals surface area contributed by atoms with Crippen molar-refractivity contribution >= 4 is 29.0 Å². The van der Waals surface area contributed by atoms with Crippen molar-refractivity contribution in [2.45, 2.75) is 49.5 Å². The molecule has 2 aromatic rings. The number of carbonyl (C=O) groups excluding carboxylic acids is 1. The molecule has 2 atom stereocenters. The molecule has 2 fully saturated rings. The van der Waals surface area contributed by atoms with E-state index in [0.29, 0.717) is 17.7 Å². The number of fused-ring (bicyclic) bond motifs is 1. The lowest BCUT2D eigenvalue weighted by Gasteiger charge is -2.43. The zero-order chi connectivity index (χ0) is 17.2. The first-order valence-corrected chi connectivity index (χ1v) is 11.3. The van der Waals surface area contributed by atoms with E-state index < -0.39 is 0 Å². The molecule has 25 heavy (non-hydrogen) atoms. The molecule has 1 aliphatic carbocycles. The Bertz CT molecular complexity index is 756. The number of piperidine rings is 1. The van der Waals surface area contributed by atoms with E-state index in [9.17, 15) is 4.79 Å². The summed E-state index contributed by atoms with van der Waals surface area (Å²) in [5, 5.41) is 2.88. The Hall–Kier alpha value is -1.33. The van der Waals surface area contributed by atoms with Gasteiger partial charge in [-0.15, -0.1) is 23.1 Å². The minimum Gasteiger partial charge on any atom is -0.334 e. The maximum Gasteiger partial charge on any atom is 0.273 e. The molecule has 0 spiro atoms. The Morgan fingerprint density at radius 3 is 2.96 bits per heavy atom. The Morgan fingerprint density at radius 1 is 1.24 bits per heavy atom. The van der Waals surface area contributed by atoms with Crippen LogP contribution in [-0.4, -0.2) is 34.6 Å². The van der Waals surface area contributed by atoms with Crippen LogP contribution in [0, 0.1) is 5.92 Å². The molecule has 1 saturated heterocycles. The third-order valence-corrected chi connectivity index (χ3v) is 7.16. The second-order valence-electron chi connectivity index (χ2n) is 7.02. The topological polar surface area (TPSA) is 33.2 Å². The van der Waals surface area contributed by atoms with Gasteiger partial charge < -0.3 is 4.90 Å². The molecule has 4 rings (SSSR count). The van der Waals surface area contributed by atoms with Gasteiger partial charge in [-0.25, -0.2) is 4.98 Å². The quantitative estimate of drug-likeness (QED) is 0.683. The zero-order valence-corrected chi connectivity index (χ0v) is 16.2. The average molecular weight is 373 g/mol. The molecule has 1 amide bonds. The summed E-state index contributed by atoms with van der Waals surface area (Å²) >= 11 is 3.30. The van der Waals surface area contributed by atoms with E-state index >= 15 is 0 Å². The first kappa shape index (κ1) is 17.1. The number of rotatable bonds is 3. The molecule has 2 heterocycles. The summed E-state index contributed by atoms with van der Waals surface area (Å²) < 4.78 is 0. The highest BCUT2D eigenvalue weighted by molar-refractivity contribution is 7.98. The fourth-order valence-electron chi connectivity index (χ4n) is 4.28. The molecule has 0 radical (unpaired) electrons. The van der Waals surface area contributed by atoms with Gasteiger partial charge in [0.1, 0.15) is 10.7 Å². The molecule has 0 bridgehead atoms. The van der Waals surface area contributed by atoms with E-state index in [1.807, 2.05) is 5.38 Å². The van der Waals surface area contributed by atoms with Gasteiger partial charge >= 0.3 is 0 Å². The van der Waals surface area contributed by atoms with E-state index in [4.69, 9.17) is 0 Å². The highest BCUT2D eigenvalue weighted by Gasteiger charge is 2.36. The summed E-state index contributed by atoms with van der Waals surface area (Å²) in [6, 6.07) is 8.83. The van der Waals surface area contributed by atoms with Crippen molar-refractivity contribution in [1.29, 1.82) is 0 Å². The predicted molar refractivity (Wildman–Crippen MR) is 105 cm³/mol. The molecule has 1 aromatic heterocycles. The first-order chi connectivity index (χ1) is 12.3. The number of benzene rings is 1. The van der Waals surface area contributed by atoms with E-state index in [1.165, 1.54) is 37.0 Å². The van der Waals surface area contributed by atoms with Crippen LogP contribution in [0.4, 0.5) is 0 Å². The van der Waals surface area contributed by atoms with Gasteiger partial charge in [-0.05, 0) is 50.0 Å². The maximum absolute atomic E-state index is 13.1. The Morgan fingerprint density at radius 2 is 2.08 bits per heavy atom. The molecule has 2 aliphatic rings. The highest BCUT2D eigenvalue weighted by atomic mass is 32.2. The van der Waals surface area contributed by atoms with Gasteiger partial charge in [0.25, 0.3) is 5.91 Å². The van der Waals surface area contributed by atoms with Crippen LogP contribution in [0.15, 0.2) is 34.5 Å². The lowest BCUT2D eigenvalue weighted by molar-refractivity contribution is 0.0386. The summed E-state index contributed by atoms with van der Waals surface area (Å²) in [6.45, 7) is 0.898. The molecule has 3 nitrogen and oxygen atoms in total. The number of thioether (sulfide) groups is 1. The van der Waals surface area contributed by atoms with Gasteiger partial charge in [-0.3, -0.25) is 4.79 Å². The van der Waals surface area contributed by atoms with Gasteiger partial charge in [-0.1, -0.05) is 25.0 Å². The third kappa shape index (κ3) is 3.49. The van der Waals surface area contributed by atoms with Crippen LogP contribution in [-0.2, 0) is 0 Å². The number of likely N-dealkylation sites (tertiary alicyclic amines) is 1. The number of hydrogen-bond acceptors (Lipinski definition) is 4. The van der Waals surface area contributed by atoms with Crippen molar-refractivity contribution in [2.24, 2.45) is 5.92 Å². The molecule has 5 heteroatoms. The Balaban J connectivity index is 1.55. The monoisotopic (exact) mass is 372 g/mol. The number of nitrogens with zero attached hydrogens (tertiary/aromatic N) is 2.